The third-order valence-electron chi connectivity index (χ3n) is 4.44. The molecule has 7 heteroatoms. The van der Waals surface area contributed by atoms with Crippen molar-refractivity contribution in [1.82, 2.24) is 14.7 Å². The Morgan fingerprint density at radius 2 is 1.46 bits per heavy atom. The van der Waals surface area contributed by atoms with Crippen molar-refractivity contribution in [2.45, 2.75) is 20.8 Å². The molecular formula is C19H29N3O4. The van der Waals surface area contributed by atoms with Gasteiger partial charge in [0, 0.05) is 39.3 Å². The average Bonchev–Trinajstić information content (AvgIpc) is 2.68. The summed E-state index contributed by atoms with van der Waals surface area (Å²) in [6.07, 6.45) is 0. The fraction of sp³-hybridized carbons (Fsp3) is 0.579. The van der Waals surface area contributed by atoms with Crippen molar-refractivity contribution in [3.8, 4) is 11.5 Å². The Bertz CT molecular complexity index is 596. The standard InChI is InChI=1S/C19H29N3O4/c1-4-20(5-2)19(24)22-13-11-21(12-14-22)18(23)15-26-17-10-8-7-9-16(17)25-6-3/h7-10H,4-6,11-15H2,1-3H3. The van der Waals surface area contributed by atoms with E-state index in [0.717, 1.165) is 0 Å². The number of para-hydroxylation sites is 2. The Morgan fingerprint density at radius 3 is 2.00 bits per heavy atom. The highest BCUT2D eigenvalue weighted by atomic mass is 16.5. The SMILES string of the molecule is CCOc1ccccc1OCC(=O)N1CCN(C(=O)N(CC)CC)CC1. The predicted molar refractivity (Wildman–Crippen MR) is 99.6 cm³/mol. The van der Waals surface area contributed by atoms with Gasteiger partial charge >= 0.3 is 6.03 Å². The second-order valence-corrected chi connectivity index (χ2v) is 5.99. The largest absolute Gasteiger partial charge is 0.490 e. The molecule has 1 aliphatic heterocycles. The summed E-state index contributed by atoms with van der Waals surface area (Å²) in [4.78, 5) is 30.1. The van der Waals surface area contributed by atoms with Crippen LogP contribution in [0.4, 0.5) is 4.79 Å². The van der Waals surface area contributed by atoms with Gasteiger partial charge in [-0.05, 0) is 32.9 Å². The van der Waals surface area contributed by atoms with E-state index in [1.54, 1.807) is 15.9 Å². The van der Waals surface area contributed by atoms with E-state index in [9.17, 15) is 9.59 Å². The first-order valence-corrected chi connectivity index (χ1v) is 9.26. The maximum absolute atomic E-state index is 12.4. The number of rotatable bonds is 7. The van der Waals surface area contributed by atoms with Crippen LogP contribution in [0.1, 0.15) is 20.8 Å². The molecule has 7 nitrogen and oxygen atoms in total. The zero-order valence-electron chi connectivity index (χ0n) is 15.9. The molecule has 0 atom stereocenters. The highest BCUT2D eigenvalue weighted by Gasteiger charge is 2.26. The van der Waals surface area contributed by atoms with E-state index in [0.29, 0.717) is 57.4 Å². The minimum atomic E-state index is -0.0776. The van der Waals surface area contributed by atoms with Crippen molar-refractivity contribution in [1.29, 1.82) is 0 Å². The normalized spacial score (nSPS) is 14.1. The third-order valence-corrected chi connectivity index (χ3v) is 4.44. The number of piperazine rings is 1. The Balaban J connectivity index is 1.83. The molecule has 1 saturated heterocycles. The molecule has 0 aliphatic carbocycles. The van der Waals surface area contributed by atoms with Gasteiger partial charge in [0.1, 0.15) is 0 Å². The van der Waals surface area contributed by atoms with Crippen LogP contribution < -0.4 is 9.47 Å². The van der Waals surface area contributed by atoms with Crippen LogP contribution in [0.25, 0.3) is 0 Å². The van der Waals surface area contributed by atoms with Crippen molar-refractivity contribution >= 4 is 11.9 Å². The van der Waals surface area contributed by atoms with Gasteiger partial charge in [0.2, 0.25) is 0 Å². The average molecular weight is 363 g/mol. The van der Waals surface area contributed by atoms with E-state index in [1.807, 2.05) is 43.9 Å². The van der Waals surface area contributed by atoms with Gasteiger partial charge in [-0.1, -0.05) is 12.1 Å². The highest BCUT2D eigenvalue weighted by Crippen LogP contribution is 2.26. The molecule has 144 valence electrons. The summed E-state index contributed by atoms with van der Waals surface area (Å²) in [6.45, 7) is 9.91. The summed E-state index contributed by atoms with van der Waals surface area (Å²) in [6, 6.07) is 7.37. The number of hydrogen-bond acceptors (Lipinski definition) is 4. The summed E-state index contributed by atoms with van der Waals surface area (Å²) in [5.41, 5.74) is 0. The van der Waals surface area contributed by atoms with Crippen molar-refractivity contribution in [3.05, 3.63) is 24.3 Å². The van der Waals surface area contributed by atoms with Crippen LogP contribution in [0, 0.1) is 0 Å². The lowest BCUT2D eigenvalue weighted by atomic mass is 10.3. The van der Waals surface area contributed by atoms with Crippen LogP contribution in [0.2, 0.25) is 0 Å². The van der Waals surface area contributed by atoms with Gasteiger partial charge in [0.15, 0.2) is 18.1 Å². The smallest absolute Gasteiger partial charge is 0.320 e. The van der Waals surface area contributed by atoms with E-state index in [2.05, 4.69) is 0 Å². The van der Waals surface area contributed by atoms with E-state index in [-0.39, 0.29) is 18.5 Å². The Kier molecular flexibility index (Phi) is 7.56. The second kappa shape index (κ2) is 9.89. The first kappa shape index (κ1) is 19.9. The molecule has 1 heterocycles. The van der Waals surface area contributed by atoms with Crippen molar-refractivity contribution in [3.63, 3.8) is 0 Å². The molecule has 1 aromatic carbocycles. The monoisotopic (exact) mass is 363 g/mol. The van der Waals surface area contributed by atoms with Crippen molar-refractivity contribution in [2.24, 2.45) is 0 Å². The van der Waals surface area contributed by atoms with Gasteiger partial charge in [-0.25, -0.2) is 4.79 Å². The van der Waals surface area contributed by atoms with Crippen molar-refractivity contribution in [2.75, 3.05) is 52.5 Å². The third kappa shape index (κ3) is 5.03. The summed E-state index contributed by atoms with van der Waals surface area (Å²) in [5, 5.41) is 0. The fourth-order valence-electron chi connectivity index (χ4n) is 2.92. The fourth-order valence-corrected chi connectivity index (χ4v) is 2.92. The zero-order valence-corrected chi connectivity index (χ0v) is 15.9. The van der Waals surface area contributed by atoms with E-state index < -0.39 is 0 Å². The highest BCUT2D eigenvalue weighted by molar-refractivity contribution is 5.79. The molecule has 0 N–H and O–H groups in total. The zero-order chi connectivity index (χ0) is 18.9. The van der Waals surface area contributed by atoms with Crippen LogP contribution in [0.3, 0.4) is 0 Å². The lowest BCUT2D eigenvalue weighted by Gasteiger charge is -2.37. The van der Waals surface area contributed by atoms with E-state index in [1.165, 1.54) is 0 Å². The number of carbonyl (C=O) groups excluding carboxylic acids is 2. The minimum absolute atomic E-state index is 0.0337. The molecule has 0 unspecified atom stereocenters. The lowest BCUT2D eigenvalue weighted by Crippen LogP contribution is -2.54. The number of ether oxygens (including phenoxy) is 2. The molecule has 0 saturated carbocycles. The van der Waals surface area contributed by atoms with E-state index in [4.69, 9.17) is 9.47 Å². The van der Waals surface area contributed by atoms with Crippen LogP contribution in [0.15, 0.2) is 24.3 Å². The second-order valence-electron chi connectivity index (χ2n) is 5.99. The Morgan fingerprint density at radius 1 is 0.923 bits per heavy atom. The van der Waals surface area contributed by atoms with Crippen LogP contribution in [-0.2, 0) is 4.79 Å². The van der Waals surface area contributed by atoms with Crippen LogP contribution in [0.5, 0.6) is 11.5 Å². The van der Waals surface area contributed by atoms with Gasteiger partial charge in [-0.2, -0.15) is 0 Å². The topological polar surface area (TPSA) is 62.3 Å². The van der Waals surface area contributed by atoms with Gasteiger partial charge in [0.25, 0.3) is 5.91 Å². The number of carbonyl (C=O) groups is 2. The number of hydrogen-bond donors (Lipinski definition) is 0. The molecule has 0 bridgehead atoms. The first-order valence-electron chi connectivity index (χ1n) is 9.26. The molecule has 1 aromatic rings. The molecule has 26 heavy (non-hydrogen) atoms. The summed E-state index contributed by atoms with van der Waals surface area (Å²) >= 11 is 0. The predicted octanol–water partition coefficient (Wildman–Crippen LogP) is 2.07. The lowest BCUT2D eigenvalue weighted by molar-refractivity contribution is -0.134. The Hall–Kier alpha value is -2.44. The summed E-state index contributed by atoms with van der Waals surface area (Å²) < 4.78 is 11.1. The van der Waals surface area contributed by atoms with Crippen molar-refractivity contribution < 1.29 is 19.1 Å². The first-order chi connectivity index (χ1) is 12.6. The van der Waals surface area contributed by atoms with Gasteiger partial charge in [-0.15, -0.1) is 0 Å². The van der Waals surface area contributed by atoms with Crippen LogP contribution >= 0.6 is 0 Å². The molecule has 0 aromatic heterocycles. The number of benzene rings is 1. The number of urea groups is 1. The van der Waals surface area contributed by atoms with Gasteiger partial charge in [0.05, 0.1) is 6.61 Å². The molecule has 2 rings (SSSR count). The number of nitrogens with zero attached hydrogens (tertiary/aromatic N) is 3. The Labute approximate surface area is 155 Å². The molecule has 1 aliphatic rings. The van der Waals surface area contributed by atoms with Gasteiger partial charge < -0.3 is 24.2 Å². The molecule has 3 amide bonds. The maximum atomic E-state index is 12.4. The molecule has 1 fully saturated rings. The van der Waals surface area contributed by atoms with Crippen LogP contribution in [-0.4, -0.2) is 79.1 Å². The molecule has 0 spiro atoms. The van der Waals surface area contributed by atoms with Gasteiger partial charge in [-0.3, -0.25) is 4.79 Å². The van der Waals surface area contributed by atoms with E-state index >= 15 is 0 Å². The molecule has 0 radical (unpaired) electrons. The molecular weight excluding hydrogens is 334 g/mol. The minimum Gasteiger partial charge on any atom is -0.490 e. The maximum Gasteiger partial charge on any atom is 0.320 e. The summed E-state index contributed by atoms with van der Waals surface area (Å²) in [7, 11) is 0. The quantitative estimate of drug-likeness (QED) is 0.744. The summed E-state index contributed by atoms with van der Waals surface area (Å²) in [5.74, 6) is 1.13. The number of amides is 3.